The normalized spacial score (nSPS) is 15.9. The minimum Gasteiger partial charge on any atom is -0.383 e. The molecule has 0 spiro atoms. The van der Waals surface area contributed by atoms with Crippen LogP contribution in [0, 0.1) is 0 Å². The van der Waals surface area contributed by atoms with Crippen LogP contribution >= 0.6 is 0 Å². The molecule has 0 fully saturated rings. The lowest BCUT2D eigenvalue weighted by Crippen LogP contribution is -2.12. The number of aromatic nitrogens is 7. The van der Waals surface area contributed by atoms with Crippen molar-refractivity contribution >= 4 is 11.8 Å². The number of hydrogen-bond acceptors (Lipinski definition) is 8. The lowest BCUT2D eigenvalue weighted by molar-refractivity contribution is 0.527. The van der Waals surface area contributed by atoms with E-state index in [1.165, 1.54) is 0 Å². The largest absolute Gasteiger partial charge is 0.383 e. The summed E-state index contributed by atoms with van der Waals surface area (Å²) in [6.45, 7) is 0.510. The third-order valence-corrected chi connectivity index (χ3v) is 3.98. The highest BCUT2D eigenvalue weighted by Crippen LogP contribution is 2.26. The Morgan fingerprint density at radius 2 is 2.19 bits per heavy atom. The third-order valence-electron chi connectivity index (χ3n) is 3.98. The number of pyridine rings is 1. The molecule has 4 rings (SSSR count). The second kappa shape index (κ2) is 7.09. The molecule has 0 bridgehead atoms. The van der Waals surface area contributed by atoms with Crippen molar-refractivity contribution in [3.05, 3.63) is 60.6 Å². The molecule has 0 aromatic carbocycles. The third kappa shape index (κ3) is 3.27. The van der Waals surface area contributed by atoms with E-state index in [1.54, 1.807) is 17.1 Å². The quantitative estimate of drug-likeness (QED) is 0.716. The first kappa shape index (κ1) is 15.9. The topological polar surface area (TPSA) is 120 Å². The Balaban J connectivity index is 1.54. The molecule has 1 aliphatic rings. The van der Waals surface area contributed by atoms with Crippen molar-refractivity contribution in [2.45, 2.75) is 19.0 Å². The number of anilines is 2. The van der Waals surface area contributed by atoms with Crippen LogP contribution in [0.25, 0.3) is 11.4 Å². The van der Waals surface area contributed by atoms with Crippen molar-refractivity contribution in [3.63, 3.8) is 0 Å². The zero-order valence-electron chi connectivity index (χ0n) is 13.9. The Hall–Kier alpha value is -3.62. The molecule has 0 aliphatic heterocycles. The van der Waals surface area contributed by atoms with E-state index in [0.29, 0.717) is 29.7 Å². The molecule has 130 valence electrons. The minimum absolute atomic E-state index is 0.0476. The second-order valence-electron chi connectivity index (χ2n) is 5.73. The van der Waals surface area contributed by atoms with Gasteiger partial charge in [0.15, 0.2) is 5.82 Å². The molecule has 0 saturated carbocycles. The maximum Gasteiger partial charge on any atom is 0.224 e. The fraction of sp³-hybridized carbons (Fsp3) is 0.176. The van der Waals surface area contributed by atoms with Crippen LogP contribution in [0.2, 0.25) is 0 Å². The van der Waals surface area contributed by atoms with Gasteiger partial charge in [-0.1, -0.05) is 30.4 Å². The predicted molar refractivity (Wildman–Crippen MR) is 96.8 cm³/mol. The Morgan fingerprint density at radius 1 is 1.23 bits per heavy atom. The van der Waals surface area contributed by atoms with Gasteiger partial charge in [-0.2, -0.15) is 4.98 Å². The first-order valence-electron chi connectivity index (χ1n) is 8.19. The fourth-order valence-electron chi connectivity index (χ4n) is 2.67. The average Bonchev–Trinajstić information content (AvgIpc) is 3.17. The second-order valence-corrected chi connectivity index (χ2v) is 5.73. The molecule has 3 N–H and O–H groups in total. The molecular weight excluding hydrogens is 330 g/mol. The van der Waals surface area contributed by atoms with E-state index < -0.39 is 0 Å². The molecule has 0 amide bonds. The van der Waals surface area contributed by atoms with Crippen molar-refractivity contribution in [2.24, 2.45) is 0 Å². The van der Waals surface area contributed by atoms with Gasteiger partial charge in [-0.05, 0) is 29.0 Å². The summed E-state index contributed by atoms with van der Waals surface area (Å²) >= 11 is 0. The number of tetrazole rings is 1. The Kier molecular flexibility index (Phi) is 4.33. The number of nitrogen functional groups attached to an aromatic ring is 1. The van der Waals surface area contributed by atoms with Gasteiger partial charge in [0.05, 0.1) is 23.8 Å². The van der Waals surface area contributed by atoms with Gasteiger partial charge in [0.25, 0.3) is 0 Å². The molecule has 1 atom stereocenters. The first-order valence-corrected chi connectivity index (χ1v) is 8.19. The van der Waals surface area contributed by atoms with E-state index >= 15 is 0 Å². The van der Waals surface area contributed by atoms with E-state index in [4.69, 9.17) is 5.73 Å². The monoisotopic (exact) mass is 347 g/mol. The van der Waals surface area contributed by atoms with Gasteiger partial charge in [-0.15, -0.1) is 5.10 Å². The highest BCUT2D eigenvalue weighted by Gasteiger charge is 2.19. The van der Waals surface area contributed by atoms with E-state index in [-0.39, 0.29) is 6.04 Å². The molecule has 26 heavy (non-hydrogen) atoms. The Morgan fingerprint density at radius 3 is 2.96 bits per heavy atom. The average molecular weight is 347 g/mol. The van der Waals surface area contributed by atoms with Crippen LogP contribution in [-0.4, -0.2) is 35.2 Å². The molecular formula is C17H17N9. The zero-order valence-corrected chi connectivity index (χ0v) is 13.9. The lowest BCUT2D eigenvalue weighted by Gasteiger charge is -2.15. The molecule has 9 nitrogen and oxygen atoms in total. The minimum atomic E-state index is 0.0476. The smallest absolute Gasteiger partial charge is 0.224 e. The lowest BCUT2D eigenvalue weighted by atomic mass is 10.1. The van der Waals surface area contributed by atoms with Gasteiger partial charge in [0.1, 0.15) is 5.82 Å². The highest BCUT2D eigenvalue weighted by molar-refractivity contribution is 5.68. The molecule has 1 unspecified atom stereocenters. The molecule has 3 aromatic rings. The SMILES string of the molecule is Nc1nc(NCc2ccccn2)ncc1-c1nnnn1C1C=CC=CC1. The summed E-state index contributed by atoms with van der Waals surface area (Å²) in [4.78, 5) is 12.9. The van der Waals surface area contributed by atoms with Crippen LogP contribution in [-0.2, 0) is 6.54 Å². The molecule has 9 heteroatoms. The van der Waals surface area contributed by atoms with Crippen LogP contribution in [0.5, 0.6) is 0 Å². The number of nitrogens with zero attached hydrogens (tertiary/aromatic N) is 7. The Bertz CT molecular complexity index is 946. The number of nitrogens with one attached hydrogen (secondary N) is 1. The summed E-state index contributed by atoms with van der Waals surface area (Å²) < 4.78 is 1.73. The Labute approximate surface area is 149 Å². The summed E-state index contributed by atoms with van der Waals surface area (Å²) in [5, 5.41) is 15.1. The van der Waals surface area contributed by atoms with E-state index in [0.717, 1.165) is 12.1 Å². The van der Waals surface area contributed by atoms with Gasteiger partial charge < -0.3 is 11.1 Å². The van der Waals surface area contributed by atoms with E-state index in [1.807, 2.05) is 36.4 Å². The zero-order chi connectivity index (χ0) is 17.8. The standard InChI is InChI=1S/C17H17N9/c18-15-14(16-23-24-25-26(16)13-7-2-1-3-8-13)11-21-17(22-15)20-10-12-6-4-5-9-19-12/h1-7,9,11,13H,8,10H2,(H3,18,20,21,22). The van der Waals surface area contributed by atoms with Gasteiger partial charge >= 0.3 is 0 Å². The summed E-state index contributed by atoms with van der Waals surface area (Å²) in [7, 11) is 0. The summed E-state index contributed by atoms with van der Waals surface area (Å²) in [6.07, 6.45) is 12.3. The summed E-state index contributed by atoms with van der Waals surface area (Å²) in [6, 6.07) is 5.77. The van der Waals surface area contributed by atoms with E-state index in [9.17, 15) is 0 Å². The fourth-order valence-corrected chi connectivity index (χ4v) is 2.67. The highest BCUT2D eigenvalue weighted by atomic mass is 15.5. The van der Waals surface area contributed by atoms with Crippen molar-refractivity contribution in [1.82, 2.24) is 35.2 Å². The van der Waals surface area contributed by atoms with Crippen LogP contribution in [0.4, 0.5) is 11.8 Å². The van der Waals surface area contributed by atoms with Crippen LogP contribution in [0.3, 0.4) is 0 Å². The summed E-state index contributed by atoms with van der Waals surface area (Å²) in [5.41, 5.74) is 7.62. The number of nitrogens with two attached hydrogens (primary N) is 1. The summed E-state index contributed by atoms with van der Waals surface area (Å²) in [5.74, 6) is 1.29. The molecule has 0 radical (unpaired) electrons. The molecule has 3 aromatic heterocycles. The van der Waals surface area contributed by atoms with Crippen molar-refractivity contribution in [2.75, 3.05) is 11.1 Å². The van der Waals surface area contributed by atoms with Gasteiger partial charge in [0.2, 0.25) is 5.95 Å². The number of rotatable bonds is 5. The number of hydrogen-bond donors (Lipinski definition) is 2. The van der Waals surface area contributed by atoms with Crippen LogP contribution in [0.15, 0.2) is 54.9 Å². The van der Waals surface area contributed by atoms with Gasteiger partial charge in [-0.25, -0.2) is 9.67 Å². The molecule has 0 saturated heterocycles. The maximum absolute atomic E-state index is 6.13. The van der Waals surface area contributed by atoms with Crippen molar-refractivity contribution < 1.29 is 0 Å². The first-order chi connectivity index (χ1) is 12.8. The van der Waals surface area contributed by atoms with Gasteiger partial charge in [-0.3, -0.25) is 4.98 Å². The van der Waals surface area contributed by atoms with Gasteiger partial charge in [0, 0.05) is 12.4 Å². The number of allylic oxidation sites excluding steroid dienone is 4. The predicted octanol–water partition coefficient (Wildman–Crippen LogP) is 1.78. The van der Waals surface area contributed by atoms with Crippen molar-refractivity contribution in [3.8, 4) is 11.4 Å². The molecule has 1 aliphatic carbocycles. The maximum atomic E-state index is 6.13. The molecule has 3 heterocycles. The van der Waals surface area contributed by atoms with E-state index in [2.05, 4.69) is 41.9 Å². The van der Waals surface area contributed by atoms with Crippen molar-refractivity contribution in [1.29, 1.82) is 0 Å². The van der Waals surface area contributed by atoms with Crippen LogP contribution < -0.4 is 11.1 Å². The van der Waals surface area contributed by atoms with Crippen LogP contribution in [0.1, 0.15) is 18.2 Å².